The second kappa shape index (κ2) is 10.8. The summed E-state index contributed by atoms with van der Waals surface area (Å²) in [6, 6.07) is 0. The van der Waals surface area contributed by atoms with Gasteiger partial charge in [-0.1, -0.05) is 37.8 Å². The number of carbonyl (C=O) groups excluding carboxylic acids is 2. The predicted molar refractivity (Wildman–Crippen MR) is 83.2 cm³/mol. The molecule has 0 saturated heterocycles. The van der Waals surface area contributed by atoms with Crippen LogP contribution in [-0.4, -0.2) is 47.8 Å². The zero-order valence-electron chi connectivity index (χ0n) is 12.3. The quantitative estimate of drug-likeness (QED) is 0.453. The van der Waals surface area contributed by atoms with Gasteiger partial charge in [0.1, 0.15) is 0 Å². The fraction of sp³-hybridized carbons (Fsp3) is 0.375. The average Bonchev–Trinajstić information content (AvgIpc) is 2.47. The molecule has 0 unspecified atom stereocenters. The molecule has 4 heteroatoms. The first-order valence-corrected chi connectivity index (χ1v) is 6.66. The molecule has 4 nitrogen and oxygen atoms in total. The predicted octanol–water partition coefficient (Wildman–Crippen LogP) is 2.17. The number of carbonyl (C=O) groups is 2. The summed E-state index contributed by atoms with van der Waals surface area (Å²) < 4.78 is 0. The SMILES string of the molecule is C=CCN(C/C=C/CN(CC=C)C(=O)CC)C(=O)C=C. The van der Waals surface area contributed by atoms with E-state index in [9.17, 15) is 9.59 Å². The van der Waals surface area contributed by atoms with Gasteiger partial charge in [-0.3, -0.25) is 9.59 Å². The van der Waals surface area contributed by atoms with E-state index in [2.05, 4.69) is 19.7 Å². The Morgan fingerprint density at radius 3 is 1.85 bits per heavy atom. The maximum atomic E-state index is 11.6. The summed E-state index contributed by atoms with van der Waals surface area (Å²) in [5.74, 6) is -0.0539. The third-order valence-corrected chi connectivity index (χ3v) is 2.66. The van der Waals surface area contributed by atoms with Crippen molar-refractivity contribution in [3.63, 3.8) is 0 Å². The Hall–Kier alpha value is -2.10. The van der Waals surface area contributed by atoms with Crippen LogP contribution < -0.4 is 0 Å². The van der Waals surface area contributed by atoms with Gasteiger partial charge >= 0.3 is 0 Å². The van der Waals surface area contributed by atoms with Crippen LogP contribution >= 0.6 is 0 Å². The van der Waals surface area contributed by atoms with Gasteiger partial charge in [0.25, 0.3) is 0 Å². The number of nitrogens with zero attached hydrogens (tertiary/aromatic N) is 2. The van der Waals surface area contributed by atoms with Crippen LogP contribution in [0.15, 0.2) is 50.1 Å². The highest BCUT2D eigenvalue weighted by molar-refractivity contribution is 5.87. The number of rotatable bonds is 10. The molecule has 0 atom stereocenters. The Balaban J connectivity index is 4.42. The van der Waals surface area contributed by atoms with E-state index in [0.29, 0.717) is 32.6 Å². The Bertz CT molecular complexity index is 386. The van der Waals surface area contributed by atoms with Crippen LogP contribution in [-0.2, 0) is 9.59 Å². The number of hydrogen-bond donors (Lipinski definition) is 0. The second-order valence-electron chi connectivity index (χ2n) is 4.15. The highest BCUT2D eigenvalue weighted by Gasteiger charge is 2.08. The highest BCUT2D eigenvalue weighted by Crippen LogP contribution is 1.97. The van der Waals surface area contributed by atoms with Crippen LogP contribution in [0, 0.1) is 0 Å². The third kappa shape index (κ3) is 6.73. The van der Waals surface area contributed by atoms with E-state index in [1.807, 2.05) is 19.1 Å². The van der Waals surface area contributed by atoms with Crippen molar-refractivity contribution in [2.24, 2.45) is 0 Å². The second-order valence-corrected chi connectivity index (χ2v) is 4.15. The molecule has 0 heterocycles. The van der Waals surface area contributed by atoms with Gasteiger partial charge in [0.2, 0.25) is 11.8 Å². The molecule has 0 aromatic heterocycles. The minimum Gasteiger partial charge on any atom is -0.335 e. The van der Waals surface area contributed by atoms with E-state index in [1.165, 1.54) is 6.08 Å². The summed E-state index contributed by atoms with van der Waals surface area (Å²) in [5, 5.41) is 0. The van der Waals surface area contributed by atoms with Crippen molar-refractivity contribution >= 4 is 11.8 Å². The Morgan fingerprint density at radius 1 is 0.900 bits per heavy atom. The lowest BCUT2D eigenvalue weighted by molar-refractivity contribution is -0.130. The lowest BCUT2D eigenvalue weighted by atomic mass is 10.3. The fourth-order valence-corrected chi connectivity index (χ4v) is 1.60. The molecule has 0 bridgehead atoms. The Morgan fingerprint density at radius 2 is 1.40 bits per heavy atom. The van der Waals surface area contributed by atoms with Crippen molar-refractivity contribution in [2.45, 2.75) is 13.3 Å². The molecule has 110 valence electrons. The molecule has 2 amide bonds. The fourth-order valence-electron chi connectivity index (χ4n) is 1.60. The summed E-state index contributed by atoms with van der Waals surface area (Å²) in [6.45, 7) is 14.5. The smallest absolute Gasteiger partial charge is 0.246 e. The van der Waals surface area contributed by atoms with E-state index in [0.717, 1.165) is 0 Å². The normalized spacial score (nSPS) is 10.1. The summed E-state index contributed by atoms with van der Waals surface area (Å²) in [4.78, 5) is 26.5. The van der Waals surface area contributed by atoms with E-state index < -0.39 is 0 Å². The summed E-state index contributed by atoms with van der Waals surface area (Å²) in [5.41, 5.74) is 0. The zero-order chi connectivity index (χ0) is 15.4. The minimum absolute atomic E-state index is 0.0830. The van der Waals surface area contributed by atoms with E-state index in [4.69, 9.17) is 0 Å². The highest BCUT2D eigenvalue weighted by atomic mass is 16.2. The lowest BCUT2D eigenvalue weighted by Gasteiger charge is -2.19. The van der Waals surface area contributed by atoms with Crippen LogP contribution in [0.4, 0.5) is 0 Å². The summed E-state index contributed by atoms with van der Waals surface area (Å²) in [7, 11) is 0. The first-order chi connectivity index (χ1) is 9.60. The molecule has 0 rings (SSSR count). The molecule has 0 fully saturated rings. The average molecular weight is 276 g/mol. The molecule has 0 aromatic carbocycles. The molecule has 0 radical (unpaired) electrons. The van der Waals surface area contributed by atoms with Crippen molar-refractivity contribution < 1.29 is 9.59 Å². The van der Waals surface area contributed by atoms with Crippen LogP contribution in [0.5, 0.6) is 0 Å². The van der Waals surface area contributed by atoms with Gasteiger partial charge in [-0.05, 0) is 6.08 Å². The topological polar surface area (TPSA) is 40.6 Å². The van der Waals surface area contributed by atoms with Crippen molar-refractivity contribution in [3.8, 4) is 0 Å². The molecule has 0 aliphatic heterocycles. The van der Waals surface area contributed by atoms with Crippen molar-refractivity contribution in [3.05, 3.63) is 50.1 Å². The van der Waals surface area contributed by atoms with Crippen molar-refractivity contribution in [1.82, 2.24) is 9.80 Å². The lowest BCUT2D eigenvalue weighted by Crippen LogP contribution is -2.31. The van der Waals surface area contributed by atoms with Gasteiger partial charge in [-0.2, -0.15) is 0 Å². The molecule has 0 aliphatic carbocycles. The van der Waals surface area contributed by atoms with Gasteiger partial charge in [0, 0.05) is 32.6 Å². The van der Waals surface area contributed by atoms with Crippen LogP contribution in [0.25, 0.3) is 0 Å². The van der Waals surface area contributed by atoms with E-state index in [-0.39, 0.29) is 11.8 Å². The van der Waals surface area contributed by atoms with E-state index >= 15 is 0 Å². The Labute approximate surface area is 121 Å². The first-order valence-electron chi connectivity index (χ1n) is 6.66. The van der Waals surface area contributed by atoms with Gasteiger partial charge < -0.3 is 9.80 Å². The Kier molecular flexibility index (Phi) is 9.66. The summed E-state index contributed by atoms with van der Waals surface area (Å²) >= 11 is 0. The molecular formula is C16H24N2O2. The van der Waals surface area contributed by atoms with E-state index in [1.54, 1.807) is 22.0 Å². The number of hydrogen-bond acceptors (Lipinski definition) is 2. The monoisotopic (exact) mass is 276 g/mol. The van der Waals surface area contributed by atoms with Crippen LogP contribution in [0.3, 0.4) is 0 Å². The molecule has 0 aliphatic rings. The maximum absolute atomic E-state index is 11.6. The molecule has 0 saturated carbocycles. The molecule has 0 aromatic rings. The number of amides is 2. The first kappa shape index (κ1) is 17.9. The maximum Gasteiger partial charge on any atom is 0.246 e. The largest absolute Gasteiger partial charge is 0.335 e. The molecular weight excluding hydrogens is 252 g/mol. The van der Waals surface area contributed by atoms with Gasteiger partial charge in [-0.15, -0.1) is 13.2 Å². The van der Waals surface area contributed by atoms with Gasteiger partial charge in [0.15, 0.2) is 0 Å². The van der Waals surface area contributed by atoms with Crippen LogP contribution in [0.1, 0.15) is 13.3 Å². The molecule has 20 heavy (non-hydrogen) atoms. The van der Waals surface area contributed by atoms with Crippen molar-refractivity contribution in [1.29, 1.82) is 0 Å². The third-order valence-electron chi connectivity index (χ3n) is 2.66. The van der Waals surface area contributed by atoms with Gasteiger partial charge in [0.05, 0.1) is 0 Å². The minimum atomic E-state index is -0.137. The van der Waals surface area contributed by atoms with Crippen LogP contribution in [0.2, 0.25) is 0 Å². The summed E-state index contributed by atoms with van der Waals surface area (Å²) in [6.07, 6.45) is 8.86. The van der Waals surface area contributed by atoms with Gasteiger partial charge in [-0.25, -0.2) is 0 Å². The molecule has 0 N–H and O–H groups in total. The molecule has 0 spiro atoms. The standard InChI is InChI=1S/C16H24N2O2/c1-5-11-17(15(19)7-3)13-9-10-14-18(12-6-2)16(20)8-4/h5-7,9-10H,1-3,8,11-14H2,4H3/b10-9+. The zero-order valence-corrected chi connectivity index (χ0v) is 12.3. The van der Waals surface area contributed by atoms with Crippen molar-refractivity contribution in [2.75, 3.05) is 26.2 Å².